The van der Waals surface area contributed by atoms with Gasteiger partial charge in [0.1, 0.15) is 6.04 Å². The van der Waals surface area contributed by atoms with Gasteiger partial charge < -0.3 is 15.8 Å². The second-order valence-corrected chi connectivity index (χ2v) is 3.06. The summed E-state index contributed by atoms with van der Waals surface area (Å²) in [7, 11) is 1.24. The smallest absolute Gasteiger partial charge is 0.328 e. The Balaban J connectivity index is 4.02. The van der Waals surface area contributed by atoms with Crippen LogP contribution in [0.15, 0.2) is 0 Å². The first-order valence-corrected chi connectivity index (χ1v) is 4.53. The minimum atomic E-state index is -0.767. The maximum absolute atomic E-state index is 11.3. The molecule has 0 unspecified atom stereocenters. The molecule has 0 fully saturated rings. The lowest BCUT2D eigenvalue weighted by molar-refractivity contribution is -0.144. The fourth-order valence-corrected chi connectivity index (χ4v) is 0.907. The van der Waals surface area contributed by atoms with Crippen LogP contribution in [0, 0.1) is 11.3 Å². The number of rotatable bonds is 5. The Labute approximate surface area is 88.4 Å². The molecule has 0 aliphatic heterocycles. The number of amides is 1. The minimum absolute atomic E-state index is 0.210. The lowest BCUT2D eigenvalue weighted by atomic mass is 10.1. The highest BCUT2D eigenvalue weighted by Crippen LogP contribution is 1.95. The molecular weight excluding hydrogens is 198 g/mol. The molecule has 1 amide bonds. The second kappa shape index (κ2) is 6.79. The van der Waals surface area contributed by atoms with Crippen LogP contribution in [0.1, 0.15) is 19.8 Å². The van der Waals surface area contributed by atoms with Crippen LogP contribution in [0.4, 0.5) is 0 Å². The van der Waals surface area contributed by atoms with E-state index >= 15 is 0 Å². The Morgan fingerprint density at radius 1 is 1.60 bits per heavy atom. The van der Waals surface area contributed by atoms with Crippen LogP contribution in [0.5, 0.6) is 0 Å². The topological polar surface area (TPSA) is 105 Å². The van der Waals surface area contributed by atoms with E-state index in [1.807, 2.05) is 6.07 Å². The van der Waals surface area contributed by atoms with E-state index in [1.165, 1.54) is 14.0 Å². The summed E-state index contributed by atoms with van der Waals surface area (Å²) in [5.74, 6) is -0.987. The first kappa shape index (κ1) is 13.4. The Bertz CT molecular complexity index is 272. The van der Waals surface area contributed by atoms with Crippen LogP contribution in [0.25, 0.3) is 0 Å². The first-order valence-electron chi connectivity index (χ1n) is 4.53. The van der Waals surface area contributed by atoms with Gasteiger partial charge in [-0.3, -0.25) is 4.79 Å². The fraction of sp³-hybridized carbons (Fsp3) is 0.667. The fourth-order valence-electron chi connectivity index (χ4n) is 0.907. The van der Waals surface area contributed by atoms with Gasteiger partial charge in [0, 0.05) is 6.42 Å². The van der Waals surface area contributed by atoms with Gasteiger partial charge in [0.2, 0.25) is 5.91 Å². The lowest BCUT2D eigenvalue weighted by Crippen LogP contribution is -2.47. The summed E-state index contributed by atoms with van der Waals surface area (Å²) >= 11 is 0. The monoisotopic (exact) mass is 213 g/mol. The molecule has 0 aliphatic carbocycles. The Morgan fingerprint density at radius 3 is 2.67 bits per heavy atom. The zero-order chi connectivity index (χ0) is 11.8. The van der Waals surface area contributed by atoms with Crippen molar-refractivity contribution in [2.24, 2.45) is 5.73 Å². The van der Waals surface area contributed by atoms with E-state index in [-0.39, 0.29) is 12.8 Å². The maximum Gasteiger partial charge on any atom is 0.328 e. The Morgan fingerprint density at radius 2 is 2.20 bits per heavy atom. The molecule has 0 saturated heterocycles. The van der Waals surface area contributed by atoms with Crippen molar-refractivity contribution < 1.29 is 14.3 Å². The summed E-state index contributed by atoms with van der Waals surface area (Å²) in [4.78, 5) is 22.3. The van der Waals surface area contributed by atoms with Crippen LogP contribution in [0.2, 0.25) is 0 Å². The third kappa shape index (κ3) is 4.98. The molecule has 0 aliphatic rings. The van der Waals surface area contributed by atoms with E-state index in [1.54, 1.807) is 0 Å². The summed E-state index contributed by atoms with van der Waals surface area (Å²) in [6, 6.07) is 0.396. The van der Waals surface area contributed by atoms with E-state index in [9.17, 15) is 9.59 Å². The van der Waals surface area contributed by atoms with Crippen LogP contribution in [-0.4, -0.2) is 31.1 Å². The summed E-state index contributed by atoms with van der Waals surface area (Å²) < 4.78 is 4.43. The molecule has 0 spiro atoms. The third-order valence-corrected chi connectivity index (χ3v) is 1.82. The lowest BCUT2D eigenvalue weighted by Gasteiger charge is -2.14. The molecule has 0 saturated carbocycles. The van der Waals surface area contributed by atoms with Gasteiger partial charge in [-0.25, -0.2) is 4.79 Å². The molecule has 0 bridgehead atoms. The van der Waals surface area contributed by atoms with E-state index in [0.29, 0.717) is 0 Å². The number of nitrogens with zero attached hydrogens (tertiary/aromatic N) is 1. The third-order valence-electron chi connectivity index (χ3n) is 1.82. The number of carbonyl (C=O) groups is 2. The number of hydrogen-bond acceptors (Lipinski definition) is 5. The normalized spacial score (nSPS) is 13.5. The highest BCUT2D eigenvalue weighted by atomic mass is 16.5. The molecule has 2 atom stereocenters. The number of methoxy groups -OCH3 is 1. The van der Waals surface area contributed by atoms with Gasteiger partial charge in [-0.15, -0.1) is 0 Å². The summed E-state index contributed by atoms with van der Waals surface area (Å²) in [6.07, 6.45) is 0.484. The van der Waals surface area contributed by atoms with Gasteiger partial charge in [-0.1, -0.05) is 0 Å². The Hall–Kier alpha value is -1.61. The molecule has 15 heavy (non-hydrogen) atoms. The zero-order valence-electron chi connectivity index (χ0n) is 8.82. The number of ether oxygens (including phenoxy) is 1. The van der Waals surface area contributed by atoms with Gasteiger partial charge in [-0.2, -0.15) is 5.26 Å². The van der Waals surface area contributed by atoms with E-state index < -0.39 is 24.0 Å². The quantitative estimate of drug-likeness (QED) is 0.587. The van der Waals surface area contributed by atoms with Crippen LogP contribution in [0.3, 0.4) is 0 Å². The number of hydrogen-bond donors (Lipinski definition) is 2. The van der Waals surface area contributed by atoms with Crippen molar-refractivity contribution in [2.45, 2.75) is 31.8 Å². The number of esters is 1. The molecule has 0 aromatic heterocycles. The number of nitrogens with two attached hydrogens (primary N) is 1. The predicted molar refractivity (Wildman–Crippen MR) is 52.4 cm³/mol. The van der Waals surface area contributed by atoms with Crippen LogP contribution < -0.4 is 11.1 Å². The summed E-state index contributed by atoms with van der Waals surface area (Å²) in [5, 5.41) is 10.7. The molecule has 6 heteroatoms. The van der Waals surface area contributed by atoms with Gasteiger partial charge >= 0.3 is 5.97 Å². The van der Waals surface area contributed by atoms with E-state index in [4.69, 9.17) is 11.0 Å². The summed E-state index contributed by atoms with van der Waals surface area (Å²) in [5.41, 5.74) is 5.48. The molecule has 0 heterocycles. The van der Waals surface area contributed by atoms with E-state index in [0.717, 1.165) is 0 Å². The van der Waals surface area contributed by atoms with Crippen molar-refractivity contribution in [3.8, 4) is 6.07 Å². The van der Waals surface area contributed by atoms with Crippen molar-refractivity contribution in [3.05, 3.63) is 0 Å². The van der Waals surface area contributed by atoms with Crippen molar-refractivity contribution in [3.63, 3.8) is 0 Å². The zero-order valence-corrected chi connectivity index (χ0v) is 8.82. The van der Waals surface area contributed by atoms with Crippen molar-refractivity contribution in [1.82, 2.24) is 5.32 Å². The molecule has 6 nitrogen and oxygen atoms in total. The van der Waals surface area contributed by atoms with Crippen molar-refractivity contribution in [1.29, 1.82) is 5.26 Å². The van der Waals surface area contributed by atoms with Crippen LogP contribution in [-0.2, 0) is 14.3 Å². The number of nitrogens with one attached hydrogen (secondary N) is 1. The molecule has 0 rings (SSSR count). The SMILES string of the molecule is COC(=O)[C@H](C)NC(=O)[C@@H](N)CCC#N. The maximum atomic E-state index is 11.3. The highest BCUT2D eigenvalue weighted by Gasteiger charge is 2.19. The van der Waals surface area contributed by atoms with Crippen molar-refractivity contribution in [2.75, 3.05) is 7.11 Å². The van der Waals surface area contributed by atoms with Gasteiger partial charge in [0.15, 0.2) is 0 Å². The molecule has 0 aromatic rings. The van der Waals surface area contributed by atoms with Gasteiger partial charge in [-0.05, 0) is 13.3 Å². The van der Waals surface area contributed by atoms with Crippen LogP contribution >= 0.6 is 0 Å². The molecule has 0 radical (unpaired) electrons. The van der Waals surface area contributed by atoms with E-state index in [2.05, 4.69) is 10.1 Å². The van der Waals surface area contributed by atoms with Gasteiger partial charge in [0.25, 0.3) is 0 Å². The number of carbonyl (C=O) groups excluding carboxylic acids is 2. The molecular formula is C9H15N3O3. The van der Waals surface area contributed by atoms with Crippen molar-refractivity contribution >= 4 is 11.9 Å². The minimum Gasteiger partial charge on any atom is -0.467 e. The van der Waals surface area contributed by atoms with Gasteiger partial charge in [0.05, 0.1) is 19.2 Å². The number of nitriles is 1. The predicted octanol–water partition coefficient (Wildman–Crippen LogP) is -0.705. The molecule has 3 N–H and O–H groups in total. The summed E-state index contributed by atoms with van der Waals surface area (Å²) in [6.45, 7) is 1.50. The second-order valence-electron chi connectivity index (χ2n) is 3.06. The average molecular weight is 213 g/mol. The Kier molecular flexibility index (Phi) is 6.06. The first-order chi connectivity index (χ1) is 7.02. The highest BCUT2D eigenvalue weighted by molar-refractivity contribution is 5.87. The molecule has 84 valence electrons. The molecule has 0 aromatic carbocycles. The standard InChI is InChI=1S/C9H15N3O3/c1-6(9(14)15-2)12-8(13)7(11)4-3-5-10/h6-7H,3-4,11H2,1-2H3,(H,12,13)/t6-,7-/m0/s1. The largest absolute Gasteiger partial charge is 0.467 e. The average Bonchev–Trinajstić information content (AvgIpc) is 2.24.